The third-order valence-electron chi connectivity index (χ3n) is 2.70. The first-order valence-corrected chi connectivity index (χ1v) is 6.37. The van der Waals surface area contributed by atoms with Crippen LogP contribution in [-0.4, -0.2) is 28.1 Å². The Morgan fingerprint density at radius 2 is 2.16 bits per heavy atom. The van der Waals surface area contributed by atoms with Gasteiger partial charge in [0.15, 0.2) is 5.82 Å². The molecule has 2 aromatic rings. The van der Waals surface area contributed by atoms with Crippen LogP contribution in [0.25, 0.3) is 11.4 Å². The molecule has 2 N–H and O–H groups in total. The fourth-order valence-electron chi connectivity index (χ4n) is 1.69. The highest BCUT2D eigenvalue weighted by atomic mass is 79.9. The lowest BCUT2D eigenvalue weighted by Gasteiger charge is -2.09. The Morgan fingerprint density at radius 3 is 2.79 bits per heavy atom. The zero-order valence-corrected chi connectivity index (χ0v) is 12.0. The topological polar surface area (TPSA) is 75.1 Å². The van der Waals surface area contributed by atoms with E-state index in [2.05, 4.69) is 31.2 Å². The van der Waals surface area contributed by atoms with Gasteiger partial charge in [0.1, 0.15) is 11.4 Å². The number of benzene rings is 1. The van der Waals surface area contributed by atoms with Gasteiger partial charge in [-0.1, -0.05) is 22.0 Å². The molecule has 0 unspecified atom stereocenters. The Labute approximate surface area is 118 Å². The van der Waals surface area contributed by atoms with Crippen LogP contribution in [0.1, 0.15) is 15.9 Å². The van der Waals surface area contributed by atoms with E-state index in [9.17, 15) is 4.79 Å². The molecule has 0 saturated heterocycles. The van der Waals surface area contributed by atoms with Crippen LogP contribution in [-0.2, 0) is 0 Å². The van der Waals surface area contributed by atoms with E-state index in [-0.39, 0.29) is 5.56 Å². The zero-order chi connectivity index (χ0) is 14.0. The maximum Gasteiger partial charge on any atom is 0.341 e. The number of aryl methyl sites for hydroxylation is 1. The number of anilines is 1. The smallest absolute Gasteiger partial charge is 0.341 e. The number of hydrogen-bond donors (Lipinski definition) is 2. The molecule has 0 bridgehead atoms. The first-order valence-electron chi connectivity index (χ1n) is 5.57. The van der Waals surface area contributed by atoms with Crippen molar-refractivity contribution in [1.29, 1.82) is 0 Å². The summed E-state index contributed by atoms with van der Waals surface area (Å²) < 4.78 is 0.921. The van der Waals surface area contributed by atoms with Gasteiger partial charge in [0.25, 0.3) is 0 Å². The number of aromatic nitrogens is 2. The first kappa shape index (κ1) is 13.5. The van der Waals surface area contributed by atoms with Crippen molar-refractivity contribution in [2.45, 2.75) is 6.92 Å². The van der Waals surface area contributed by atoms with Gasteiger partial charge >= 0.3 is 5.97 Å². The third kappa shape index (κ3) is 2.73. The van der Waals surface area contributed by atoms with Crippen molar-refractivity contribution in [2.75, 3.05) is 12.4 Å². The molecule has 0 aliphatic rings. The zero-order valence-electron chi connectivity index (χ0n) is 10.4. The minimum Gasteiger partial charge on any atom is -0.477 e. The number of rotatable bonds is 3. The highest BCUT2D eigenvalue weighted by Gasteiger charge is 2.14. The summed E-state index contributed by atoms with van der Waals surface area (Å²) >= 11 is 3.40. The van der Waals surface area contributed by atoms with Crippen molar-refractivity contribution >= 4 is 27.7 Å². The van der Waals surface area contributed by atoms with E-state index in [1.54, 1.807) is 7.05 Å². The number of carboxylic acids is 1. The van der Waals surface area contributed by atoms with Gasteiger partial charge in [0.05, 0.1) is 0 Å². The highest BCUT2D eigenvalue weighted by Crippen LogP contribution is 2.25. The van der Waals surface area contributed by atoms with Gasteiger partial charge in [0, 0.05) is 23.3 Å². The fraction of sp³-hybridized carbons (Fsp3) is 0.154. The summed E-state index contributed by atoms with van der Waals surface area (Å²) in [6, 6.07) is 5.79. The van der Waals surface area contributed by atoms with Gasteiger partial charge in [0.2, 0.25) is 0 Å². The summed E-state index contributed by atoms with van der Waals surface area (Å²) in [7, 11) is 1.63. The number of halogens is 1. The van der Waals surface area contributed by atoms with E-state index in [0.717, 1.165) is 15.6 Å². The van der Waals surface area contributed by atoms with Gasteiger partial charge in [-0.05, 0) is 24.6 Å². The number of nitrogens with zero attached hydrogens (tertiary/aromatic N) is 2. The quantitative estimate of drug-likeness (QED) is 0.909. The van der Waals surface area contributed by atoms with E-state index < -0.39 is 5.97 Å². The van der Waals surface area contributed by atoms with E-state index in [4.69, 9.17) is 5.11 Å². The maximum atomic E-state index is 11.0. The largest absolute Gasteiger partial charge is 0.477 e. The predicted molar refractivity (Wildman–Crippen MR) is 76.4 cm³/mol. The number of carboxylic acid groups (broad SMARTS) is 1. The molecule has 6 heteroatoms. The second-order valence-electron chi connectivity index (χ2n) is 3.97. The Morgan fingerprint density at radius 1 is 1.42 bits per heavy atom. The van der Waals surface area contributed by atoms with Gasteiger partial charge in [-0.2, -0.15) is 0 Å². The monoisotopic (exact) mass is 321 g/mol. The molecule has 0 atom stereocenters. The van der Waals surface area contributed by atoms with Crippen LogP contribution >= 0.6 is 15.9 Å². The summed E-state index contributed by atoms with van der Waals surface area (Å²) in [5, 5.41) is 11.8. The molecule has 1 aromatic heterocycles. The molecule has 19 heavy (non-hydrogen) atoms. The summed E-state index contributed by atoms with van der Waals surface area (Å²) in [6.45, 7) is 1.95. The minimum atomic E-state index is -1.05. The standard InChI is InChI=1S/C13H12BrN3O2/c1-7-3-4-8(14)5-9(7)12-16-6-10(13(18)19)11(15-2)17-12/h3-6H,1-2H3,(H,18,19)(H,15,16,17). The van der Waals surface area contributed by atoms with Crippen molar-refractivity contribution in [3.63, 3.8) is 0 Å². The Balaban J connectivity index is 2.57. The summed E-state index contributed by atoms with van der Waals surface area (Å²) in [4.78, 5) is 19.4. The summed E-state index contributed by atoms with van der Waals surface area (Å²) in [5.41, 5.74) is 1.94. The van der Waals surface area contributed by atoms with Gasteiger partial charge in [-0.25, -0.2) is 14.8 Å². The maximum absolute atomic E-state index is 11.0. The van der Waals surface area contributed by atoms with Crippen molar-refractivity contribution in [2.24, 2.45) is 0 Å². The van der Waals surface area contributed by atoms with Gasteiger partial charge in [-0.15, -0.1) is 0 Å². The average Bonchev–Trinajstić information content (AvgIpc) is 2.40. The molecule has 0 amide bonds. The van der Waals surface area contributed by atoms with Crippen LogP contribution in [0.4, 0.5) is 5.82 Å². The molecule has 1 aromatic carbocycles. The highest BCUT2D eigenvalue weighted by molar-refractivity contribution is 9.10. The predicted octanol–water partition coefficient (Wildman–Crippen LogP) is 2.95. The lowest BCUT2D eigenvalue weighted by atomic mass is 10.1. The molecule has 1 heterocycles. The fourth-order valence-corrected chi connectivity index (χ4v) is 2.05. The number of hydrogen-bond acceptors (Lipinski definition) is 4. The minimum absolute atomic E-state index is 0.0545. The van der Waals surface area contributed by atoms with Crippen molar-refractivity contribution < 1.29 is 9.90 Å². The second-order valence-corrected chi connectivity index (χ2v) is 4.89. The SMILES string of the molecule is CNc1nc(-c2cc(Br)ccc2C)ncc1C(=O)O. The van der Waals surface area contributed by atoms with Gasteiger partial charge in [-0.3, -0.25) is 0 Å². The molecule has 0 aliphatic carbocycles. The summed E-state index contributed by atoms with van der Waals surface area (Å²) in [6.07, 6.45) is 1.32. The molecule has 0 spiro atoms. The lowest BCUT2D eigenvalue weighted by Crippen LogP contribution is -2.07. The lowest BCUT2D eigenvalue weighted by molar-refractivity contribution is 0.0697. The average molecular weight is 322 g/mol. The van der Waals surface area contributed by atoms with E-state index in [1.165, 1.54) is 6.20 Å². The molecule has 0 radical (unpaired) electrons. The molecule has 2 rings (SSSR count). The Hall–Kier alpha value is -1.95. The molecule has 0 fully saturated rings. The normalized spacial score (nSPS) is 10.3. The Kier molecular flexibility index (Phi) is 3.80. The molecule has 0 saturated carbocycles. The Bertz CT molecular complexity index is 644. The first-order chi connectivity index (χ1) is 9.02. The third-order valence-corrected chi connectivity index (χ3v) is 3.19. The van der Waals surface area contributed by atoms with Crippen LogP contribution in [0, 0.1) is 6.92 Å². The molecular formula is C13H12BrN3O2. The van der Waals surface area contributed by atoms with Crippen LogP contribution in [0.2, 0.25) is 0 Å². The van der Waals surface area contributed by atoms with Crippen molar-refractivity contribution in [3.05, 3.63) is 40.0 Å². The van der Waals surface area contributed by atoms with Crippen molar-refractivity contribution in [1.82, 2.24) is 9.97 Å². The van der Waals surface area contributed by atoms with Crippen LogP contribution < -0.4 is 5.32 Å². The molecular weight excluding hydrogens is 310 g/mol. The summed E-state index contributed by atoms with van der Waals surface area (Å²) in [5.74, 6) is -0.258. The van der Waals surface area contributed by atoms with E-state index in [0.29, 0.717) is 11.6 Å². The number of nitrogens with one attached hydrogen (secondary N) is 1. The van der Waals surface area contributed by atoms with Crippen LogP contribution in [0.3, 0.4) is 0 Å². The van der Waals surface area contributed by atoms with Gasteiger partial charge < -0.3 is 10.4 Å². The number of aromatic carboxylic acids is 1. The second kappa shape index (κ2) is 5.36. The van der Waals surface area contributed by atoms with Crippen LogP contribution in [0.5, 0.6) is 0 Å². The van der Waals surface area contributed by atoms with E-state index >= 15 is 0 Å². The van der Waals surface area contributed by atoms with Crippen molar-refractivity contribution in [3.8, 4) is 11.4 Å². The van der Waals surface area contributed by atoms with Crippen LogP contribution in [0.15, 0.2) is 28.9 Å². The van der Waals surface area contributed by atoms with E-state index in [1.807, 2.05) is 25.1 Å². The molecule has 98 valence electrons. The number of carbonyl (C=O) groups is 1. The molecule has 5 nitrogen and oxygen atoms in total. The molecule has 0 aliphatic heterocycles.